The van der Waals surface area contributed by atoms with E-state index in [1.54, 1.807) is 6.07 Å². The molecule has 2 saturated heterocycles. The van der Waals surface area contributed by atoms with Gasteiger partial charge in [-0.3, -0.25) is 9.69 Å². The van der Waals surface area contributed by atoms with Crippen molar-refractivity contribution in [1.29, 1.82) is 0 Å². The van der Waals surface area contributed by atoms with Gasteiger partial charge in [0, 0.05) is 23.6 Å². The molecule has 0 N–H and O–H groups in total. The van der Waals surface area contributed by atoms with E-state index < -0.39 is 0 Å². The molecule has 0 aromatic heterocycles. The third-order valence-corrected chi connectivity index (χ3v) is 5.21. The minimum Gasteiger partial charge on any atom is -0.337 e. The van der Waals surface area contributed by atoms with Crippen molar-refractivity contribution in [1.82, 2.24) is 9.80 Å². The van der Waals surface area contributed by atoms with Gasteiger partial charge in [-0.1, -0.05) is 6.42 Å². The molecule has 1 unspecified atom stereocenters. The molecule has 1 aromatic carbocycles. The maximum atomic E-state index is 13.4. The van der Waals surface area contributed by atoms with E-state index in [-0.39, 0.29) is 11.7 Å². The fourth-order valence-corrected chi connectivity index (χ4v) is 3.76. The highest BCUT2D eigenvalue weighted by molar-refractivity contribution is 9.10. The first-order valence-corrected chi connectivity index (χ1v) is 8.43. The van der Waals surface area contributed by atoms with Crippen LogP contribution in [0, 0.1) is 5.82 Å². The van der Waals surface area contributed by atoms with Crippen molar-refractivity contribution in [2.24, 2.45) is 0 Å². The number of rotatable bonds is 2. The maximum absolute atomic E-state index is 13.4. The highest BCUT2D eigenvalue weighted by Gasteiger charge is 2.31. The van der Waals surface area contributed by atoms with E-state index >= 15 is 0 Å². The number of hydrogen-bond acceptors (Lipinski definition) is 2. The molecule has 21 heavy (non-hydrogen) atoms. The Kier molecular flexibility index (Phi) is 4.60. The molecule has 114 valence electrons. The van der Waals surface area contributed by atoms with Crippen molar-refractivity contribution in [3.63, 3.8) is 0 Å². The molecule has 5 heteroatoms. The van der Waals surface area contributed by atoms with Crippen LogP contribution in [-0.2, 0) is 0 Å². The van der Waals surface area contributed by atoms with Crippen LogP contribution in [0.5, 0.6) is 0 Å². The molecule has 0 radical (unpaired) electrons. The first-order chi connectivity index (χ1) is 10.1. The summed E-state index contributed by atoms with van der Waals surface area (Å²) in [5, 5.41) is 0. The Morgan fingerprint density at radius 1 is 1.19 bits per heavy atom. The van der Waals surface area contributed by atoms with Crippen LogP contribution in [0.1, 0.15) is 36.0 Å². The van der Waals surface area contributed by atoms with Crippen molar-refractivity contribution >= 4 is 21.8 Å². The van der Waals surface area contributed by atoms with Gasteiger partial charge in [0.1, 0.15) is 5.82 Å². The Labute approximate surface area is 133 Å². The number of carbonyl (C=O) groups is 1. The number of amides is 1. The SMILES string of the molecule is O=C(c1cc(F)ccc1Br)N1CCC(N2CCCCC2)C1. The number of halogens is 2. The zero-order valence-corrected chi connectivity index (χ0v) is 13.6. The Bertz CT molecular complexity index is 531. The van der Waals surface area contributed by atoms with Crippen molar-refractivity contribution in [3.8, 4) is 0 Å². The lowest BCUT2D eigenvalue weighted by Crippen LogP contribution is -2.41. The molecular formula is C16H20BrFN2O. The van der Waals surface area contributed by atoms with E-state index in [0.717, 1.165) is 32.6 Å². The molecule has 3 rings (SSSR count). The van der Waals surface area contributed by atoms with Gasteiger partial charge >= 0.3 is 0 Å². The van der Waals surface area contributed by atoms with Crippen LogP contribution in [0.2, 0.25) is 0 Å². The summed E-state index contributed by atoms with van der Waals surface area (Å²) in [5.74, 6) is -0.436. The number of nitrogens with zero attached hydrogens (tertiary/aromatic N) is 2. The molecule has 3 nitrogen and oxygen atoms in total. The summed E-state index contributed by atoms with van der Waals surface area (Å²) in [6, 6.07) is 4.75. The van der Waals surface area contributed by atoms with E-state index in [1.165, 1.54) is 31.4 Å². The third-order valence-electron chi connectivity index (χ3n) is 4.52. The van der Waals surface area contributed by atoms with Crippen molar-refractivity contribution in [2.45, 2.75) is 31.7 Å². The molecule has 1 amide bonds. The van der Waals surface area contributed by atoms with Gasteiger partial charge in [-0.2, -0.15) is 0 Å². The predicted molar refractivity (Wildman–Crippen MR) is 83.8 cm³/mol. The van der Waals surface area contributed by atoms with E-state index in [1.807, 2.05) is 4.90 Å². The highest BCUT2D eigenvalue weighted by atomic mass is 79.9. The van der Waals surface area contributed by atoms with E-state index in [4.69, 9.17) is 0 Å². The Morgan fingerprint density at radius 3 is 2.71 bits per heavy atom. The lowest BCUT2D eigenvalue weighted by atomic mass is 10.1. The normalized spacial score (nSPS) is 23.5. The van der Waals surface area contributed by atoms with Crippen LogP contribution in [-0.4, -0.2) is 47.9 Å². The highest BCUT2D eigenvalue weighted by Crippen LogP contribution is 2.24. The van der Waals surface area contributed by atoms with Gasteiger partial charge < -0.3 is 4.90 Å². The minimum absolute atomic E-state index is 0.0686. The monoisotopic (exact) mass is 354 g/mol. The molecule has 2 fully saturated rings. The van der Waals surface area contributed by atoms with Gasteiger partial charge in [0.2, 0.25) is 0 Å². The number of hydrogen-bond donors (Lipinski definition) is 0. The van der Waals surface area contributed by atoms with E-state index in [2.05, 4.69) is 20.8 Å². The Hall–Kier alpha value is -0.940. The second kappa shape index (κ2) is 6.44. The molecule has 0 saturated carbocycles. The van der Waals surface area contributed by atoms with Gasteiger partial charge in [-0.25, -0.2) is 4.39 Å². The molecule has 0 aliphatic carbocycles. The molecule has 1 aromatic rings. The first-order valence-electron chi connectivity index (χ1n) is 7.63. The Balaban J connectivity index is 1.67. The fourth-order valence-electron chi connectivity index (χ4n) is 3.34. The van der Waals surface area contributed by atoms with Gasteiger partial charge in [0.15, 0.2) is 0 Å². The van der Waals surface area contributed by atoms with Gasteiger partial charge in [0.05, 0.1) is 5.56 Å². The first kappa shape index (κ1) is 15.0. The lowest BCUT2D eigenvalue weighted by Gasteiger charge is -2.32. The van der Waals surface area contributed by atoms with Crippen LogP contribution in [0.4, 0.5) is 4.39 Å². The molecule has 0 spiro atoms. The number of likely N-dealkylation sites (tertiary alicyclic amines) is 2. The number of benzene rings is 1. The summed E-state index contributed by atoms with van der Waals surface area (Å²) < 4.78 is 14.0. The van der Waals surface area contributed by atoms with Gasteiger partial charge in [0.25, 0.3) is 5.91 Å². The van der Waals surface area contributed by atoms with Crippen LogP contribution in [0.25, 0.3) is 0 Å². The molecule has 1 atom stereocenters. The fraction of sp³-hybridized carbons (Fsp3) is 0.562. The topological polar surface area (TPSA) is 23.6 Å². The quantitative estimate of drug-likeness (QED) is 0.813. The minimum atomic E-state index is -0.367. The summed E-state index contributed by atoms with van der Waals surface area (Å²) in [5.41, 5.74) is 0.425. The summed E-state index contributed by atoms with van der Waals surface area (Å²) in [4.78, 5) is 16.9. The smallest absolute Gasteiger partial charge is 0.255 e. The third kappa shape index (κ3) is 3.29. The second-order valence-corrected chi connectivity index (χ2v) is 6.77. The molecule has 2 aliphatic heterocycles. The van der Waals surface area contributed by atoms with E-state index in [9.17, 15) is 9.18 Å². The van der Waals surface area contributed by atoms with Gasteiger partial charge in [-0.05, 0) is 66.5 Å². The van der Waals surface area contributed by atoms with Crippen LogP contribution < -0.4 is 0 Å². The van der Waals surface area contributed by atoms with E-state index in [0.29, 0.717) is 16.1 Å². The molecular weight excluding hydrogens is 335 g/mol. The van der Waals surface area contributed by atoms with Crippen molar-refractivity contribution in [3.05, 3.63) is 34.1 Å². The number of piperidine rings is 1. The standard InChI is InChI=1S/C16H20BrFN2O/c17-15-5-4-12(18)10-14(15)16(21)20-9-6-13(11-20)19-7-2-1-3-8-19/h4-5,10,13H,1-3,6-9,11H2. The van der Waals surface area contributed by atoms with Gasteiger partial charge in [-0.15, -0.1) is 0 Å². The predicted octanol–water partition coefficient (Wildman–Crippen LogP) is 3.29. The van der Waals surface area contributed by atoms with Crippen LogP contribution in [0.3, 0.4) is 0 Å². The number of carbonyl (C=O) groups excluding carboxylic acids is 1. The summed E-state index contributed by atoms with van der Waals surface area (Å²) in [6.45, 7) is 3.83. The summed E-state index contributed by atoms with van der Waals surface area (Å²) >= 11 is 3.35. The lowest BCUT2D eigenvalue weighted by molar-refractivity contribution is 0.0770. The largest absolute Gasteiger partial charge is 0.337 e. The second-order valence-electron chi connectivity index (χ2n) is 5.91. The van der Waals surface area contributed by atoms with Crippen molar-refractivity contribution < 1.29 is 9.18 Å². The summed E-state index contributed by atoms with van der Waals surface area (Å²) in [7, 11) is 0. The zero-order chi connectivity index (χ0) is 14.8. The average molecular weight is 355 g/mol. The van der Waals surface area contributed by atoms with Crippen LogP contribution in [0.15, 0.2) is 22.7 Å². The van der Waals surface area contributed by atoms with Crippen molar-refractivity contribution in [2.75, 3.05) is 26.2 Å². The Morgan fingerprint density at radius 2 is 1.95 bits per heavy atom. The van der Waals surface area contributed by atoms with Crippen LogP contribution >= 0.6 is 15.9 Å². The average Bonchev–Trinajstić information content (AvgIpc) is 3.00. The molecule has 2 aliphatic rings. The molecule has 2 heterocycles. The zero-order valence-electron chi connectivity index (χ0n) is 12.0. The maximum Gasteiger partial charge on any atom is 0.255 e. The summed E-state index contributed by atoms with van der Waals surface area (Å²) in [6.07, 6.45) is 4.88. The molecule has 0 bridgehead atoms.